The second kappa shape index (κ2) is 4.93. The molecule has 0 unspecified atom stereocenters. The maximum atomic E-state index is 10.9. The highest BCUT2D eigenvalue weighted by atomic mass is 16.1. The molecule has 0 amide bonds. The Morgan fingerprint density at radius 2 is 2.00 bits per heavy atom. The maximum Gasteiger partial charge on any atom is 0.253 e. The molecule has 0 saturated heterocycles. The van der Waals surface area contributed by atoms with Crippen molar-refractivity contribution in [3.63, 3.8) is 0 Å². The Balaban J connectivity index is 4.80. The van der Waals surface area contributed by atoms with E-state index in [9.17, 15) is 4.79 Å². The van der Waals surface area contributed by atoms with Gasteiger partial charge in [0.1, 0.15) is 5.71 Å². The van der Waals surface area contributed by atoms with E-state index in [1.54, 1.807) is 6.92 Å². The molecule has 2 heteroatoms. The van der Waals surface area contributed by atoms with Crippen LogP contribution in [-0.2, 0) is 4.79 Å². The van der Waals surface area contributed by atoms with Crippen molar-refractivity contribution in [2.75, 3.05) is 7.05 Å². The number of hydrogen-bond acceptors (Lipinski definition) is 2. The fourth-order valence-electron chi connectivity index (χ4n) is 0.552. The molecular weight excluding hydrogens is 150 g/mol. The van der Waals surface area contributed by atoms with Gasteiger partial charge >= 0.3 is 0 Å². The van der Waals surface area contributed by atoms with Crippen LogP contribution in [0, 0.1) is 24.7 Å². The number of rotatable bonds is 2. The van der Waals surface area contributed by atoms with E-state index in [2.05, 4.69) is 10.9 Å². The van der Waals surface area contributed by atoms with Gasteiger partial charge in [0.25, 0.3) is 5.78 Å². The number of hydrogen-bond donors (Lipinski definition) is 0. The lowest BCUT2D eigenvalue weighted by Crippen LogP contribution is -2.08. The van der Waals surface area contributed by atoms with Crippen LogP contribution in [0.2, 0.25) is 0 Å². The number of Topliss-reactive ketones (excluding diaryl/α,β-unsaturated/α-hetero) is 1. The molecule has 0 saturated carbocycles. The number of allylic oxidation sites excluding steroid dienone is 2. The molecule has 0 aromatic heterocycles. The van der Waals surface area contributed by atoms with Gasteiger partial charge in [-0.2, -0.15) is 0 Å². The lowest BCUT2D eigenvalue weighted by atomic mass is 10.2. The fourth-order valence-corrected chi connectivity index (χ4v) is 0.552. The second-order valence-corrected chi connectivity index (χ2v) is 2.05. The van der Waals surface area contributed by atoms with Gasteiger partial charge in [-0.15, -0.1) is 12.8 Å². The monoisotopic (exact) mass is 159 g/mol. The number of ketones is 1. The van der Waals surface area contributed by atoms with Gasteiger partial charge in [-0.1, -0.05) is 5.92 Å². The zero-order valence-electron chi connectivity index (χ0n) is 7.09. The first-order chi connectivity index (χ1) is 5.65. The molecule has 0 aliphatic heterocycles. The standard InChI is InChI=1S/C10H9NO/c1-5-8(3)7-9(11-4)10(12)6-2/h1-2,7H,3-4H3/b8-7-,11-9?. The first-order valence-corrected chi connectivity index (χ1v) is 3.28. The summed E-state index contributed by atoms with van der Waals surface area (Å²) in [5.41, 5.74) is 0.840. The highest BCUT2D eigenvalue weighted by molar-refractivity contribution is 6.50. The third-order valence-corrected chi connectivity index (χ3v) is 1.19. The number of carbonyl (C=O) groups excluding carboxylic acids is 1. The van der Waals surface area contributed by atoms with Gasteiger partial charge in [0.2, 0.25) is 0 Å². The Morgan fingerprint density at radius 1 is 1.42 bits per heavy atom. The van der Waals surface area contributed by atoms with E-state index in [0.717, 1.165) is 0 Å². The number of nitrogens with zero attached hydrogens (tertiary/aromatic N) is 1. The van der Waals surface area contributed by atoms with Crippen molar-refractivity contribution in [3.05, 3.63) is 11.6 Å². The van der Waals surface area contributed by atoms with Gasteiger partial charge in [0, 0.05) is 12.6 Å². The summed E-state index contributed by atoms with van der Waals surface area (Å²) in [6.45, 7) is 1.70. The minimum atomic E-state index is -0.452. The van der Waals surface area contributed by atoms with Crippen molar-refractivity contribution in [3.8, 4) is 24.7 Å². The zero-order chi connectivity index (χ0) is 9.56. The average Bonchev–Trinajstić information content (AvgIpc) is 2.12. The smallest absolute Gasteiger partial charge is 0.253 e. The Morgan fingerprint density at radius 3 is 2.33 bits per heavy atom. The zero-order valence-corrected chi connectivity index (χ0v) is 7.09. The van der Waals surface area contributed by atoms with Crippen LogP contribution in [0.3, 0.4) is 0 Å². The molecule has 0 spiro atoms. The summed E-state index contributed by atoms with van der Waals surface area (Å²) in [7, 11) is 1.49. The SMILES string of the molecule is C#CC(=O)C(/C=C(/C)C#C)=NC. The lowest BCUT2D eigenvalue weighted by molar-refractivity contribution is -0.108. The largest absolute Gasteiger partial charge is 0.284 e. The third-order valence-electron chi connectivity index (χ3n) is 1.19. The predicted octanol–water partition coefficient (Wildman–Crippen LogP) is 0.839. The van der Waals surface area contributed by atoms with Crippen molar-refractivity contribution in [2.45, 2.75) is 6.92 Å². The summed E-state index contributed by atoms with van der Waals surface area (Å²) in [6.07, 6.45) is 11.5. The maximum absolute atomic E-state index is 10.9. The first-order valence-electron chi connectivity index (χ1n) is 3.28. The predicted molar refractivity (Wildman–Crippen MR) is 49.8 cm³/mol. The van der Waals surface area contributed by atoms with Crippen LogP contribution in [0.1, 0.15) is 6.92 Å². The molecular formula is C10H9NO. The van der Waals surface area contributed by atoms with Crippen molar-refractivity contribution in [1.82, 2.24) is 0 Å². The van der Waals surface area contributed by atoms with Crippen LogP contribution in [0.15, 0.2) is 16.6 Å². The first kappa shape index (κ1) is 10.2. The minimum Gasteiger partial charge on any atom is -0.284 e. The van der Waals surface area contributed by atoms with Crippen molar-refractivity contribution in [1.29, 1.82) is 0 Å². The summed E-state index contributed by atoms with van der Waals surface area (Å²) in [5, 5.41) is 0. The van der Waals surface area contributed by atoms with Crippen LogP contribution in [0.4, 0.5) is 0 Å². The van der Waals surface area contributed by atoms with Crippen LogP contribution in [-0.4, -0.2) is 18.5 Å². The van der Waals surface area contributed by atoms with Crippen LogP contribution in [0.5, 0.6) is 0 Å². The van der Waals surface area contributed by atoms with Gasteiger partial charge in [0.05, 0.1) is 0 Å². The number of terminal acetylenes is 2. The summed E-state index contributed by atoms with van der Waals surface area (Å²) >= 11 is 0. The molecule has 0 atom stereocenters. The Kier molecular flexibility index (Phi) is 4.19. The van der Waals surface area contributed by atoms with E-state index in [1.165, 1.54) is 13.1 Å². The van der Waals surface area contributed by atoms with Crippen molar-refractivity contribution in [2.24, 2.45) is 4.99 Å². The summed E-state index contributed by atoms with van der Waals surface area (Å²) < 4.78 is 0. The normalized spacial score (nSPS) is 11.7. The number of carbonyl (C=O) groups is 1. The van der Waals surface area contributed by atoms with Crippen LogP contribution < -0.4 is 0 Å². The minimum absolute atomic E-state index is 0.216. The summed E-state index contributed by atoms with van der Waals surface area (Å²) in [4.78, 5) is 14.6. The Hall–Kier alpha value is -1.80. The quantitative estimate of drug-likeness (QED) is 0.333. The molecule has 0 aromatic rings. The molecule has 0 heterocycles. The molecule has 0 radical (unpaired) electrons. The highest BCUT2D eigenvalue weighted by Gasteiger charge is 2.02. The molecule has 2 nitrogen and oxygen atoms in total. The molecule has 60 valence electrons. The van der Waals surface area contributed by atoms with Gasteiger partial charge in [-0.05, 0) is 18.9 Å². The van der Waals surface area contributed by atoms with E-state index in [-0.39, 0.29) is 5.71 Å². The van der Waals surface area contributed by atoms with E-state index < -0.39 is 5.78 Å². The second-order valence-electron chi connectivity index (χ2n) is 2.05. The average molecular weight is 159 g/mol. The van der Waals surface area contributed by atoms with E-state index in [4.69, 9.17) is 12.8 Å². The van der Waals surface area contributed by atoms with Crippen molar-refractivity contribution >= 4 is 11.5 Å². The molecule has 0 N–H and O–H groups in total. The lowest BCUT2D eigenvalue weighted by Gasteiger charge is -1.91. The van der Waals surface area contributed by atoms with Gasteiger partial charge in [0.15, 0.2) is 0 Å². The molecule has 0 fully saturated rings. The molecule has 0 rings (SSSR count). The Bertz CT molecular complexity index is 321. The molecule has 0 bridgehead atoms. The van der Waals surface area contributed by atoms with E-state index >= 15 is 0 Å². The molecule has 0 aliphatic rings. The van der Waals surface area contributed by atoms with Gasteiger partial charge < -0.3 is 0 Å². The molecule has 12 heavy (non-hydrogen) atoms. The van der Waals surface area contributed by atoms with Crippen LogP contribution >= 0.6 is 0 Å². The van der Waals surface area contributed by atoms with E-state index in [1.807, 2.05) is 5.92 Å². The summed E-state index contributed by atoms with van der Waals surface area (Å²) in [6, 6.07) is 0. The Labute approximate surface area is 72.4 Å². The highest BCUT2D eigenvalue weighted by Crippen LogP contribution is 1.92. The van der Waals surface area contributed by atoms with Crippen LogP contribution in [0.25, 0.3) is 0 Å². The van der Waals surface area contributed by atoms with Crippen molar-refractivity contribution < 1.29 is 4.79 Å². The van der Waals surface area contributed by atoms with Gasteiger partial charge in [-0.25, -0.2) is 0 Å². The molecule has 0 aromatic carbocycles. The molecule has 0 aliphatic carbocycles. The topological polar surface area (TPSA) is 29.4 Å². The number of aliphatic imine (C=N–C) groups is 1. The summed E-state index contributed by atoms with van der Waals surface area (Å²) in [5.74, 6) is 3.88. The van der Waals surface area contributed by atoms with Gasteiger partial charge in [-0.3, -0.25) is 9.79 Å². The fraction of sp³-hybridized carbons (Fsp3) is 0.200. The third kappa shape index (κ3) is 2.86. The van der Waals surface area contributed by atoms with E-state index in [0.29, 0.717) is 5.57 Å².